The Morgan fingerprint density at radius 1 is 1.28 bits per heavy atom. The molecule has 0 aliphatic heterocycles. The van der Waals surface area contributed by atoms with E-state index in [0.29, 0.717) is 16.2 Å². The molecule has 1 N–H and O–H groups in total. The van der Waals surface area contributed by atoms with Gasteiger partial charge in [-0.3, -0.25) is 4.79 Å². The van der Waals surface area contributed by atoms with Gasteiger partial charge in [-0.15, -0.1) is 0 Å². The zero-order valence-electron chi connectivity index (χ0n) is 10.2. The molecule has 0 fully saturated rings. The molecule has 3 nitrogen and oxygen atoms in total. The first-order valence-electron chi connectivity index (χ1n) is 6.12. The lowest BCUT2D eigenvalue weighted by Gasteiger charge is -2.16. The number of aromatic nitrogens is 1. The Kier molecular flexibility index (Phi) is 2.78. The minimum Gasteiger partial charge on any atom is -0.495 e. The van der Waals surface area contributed by atoms with E-state index in [4.69, 9.17) is 16.3 Å². The average Bonchev–Trinajstić information content (AvgIpc) is 2.38. The maximum absolute atomic E-state index is 12.4. The number of methoxy groups -OCH3 is 1. The SMILES string of the molecule is COc1cc2c(=O)c3c([nH]c2cc1Cl)CCCC3. The number of aromatic amines is 1. The smallest absolute Gasteiger partial charge is 0.192 e. The average molecular weight is 264 g/mol. The molecule has 0 unspecified atom stereocenters. The summed E-state index contributed by atoms with van der Waals surface area (Å²) in [5.74, 6) is 0.547. The lowest BCUT2D eigenvalue weighted by Crippen LogP contribution is -2.18. The Bertz CT molecular complexity index is 676. The highest BCUT2D eigenvalue weighted by Gasteiger charge is 2.16. The molecule has 18 heavy (non-hydrogen) atoms. The van der Waals surface area contributed by atoms with Gasteiger partial charge in [0.2, 0.25) is 0 Å². The molecule has 0 saturated carbocycles. The zero-order chi connectivity index (χ0) is 12.7. The predicted molar refractivity (Wildman–Crippen MR) is 72.8 cm³/mol. The van der Waals surface area contributed by atoms with Gasteiger partial charge in [-0.1, -0.05) is 11.6 Å². The molecule has 0 atom stereocenters. The summed E-state index contributed by atoms with van der Waals surface area (Å²) >= 11 is 6.09. The van der Waals surface area contributed by atoms with Crippen LogP contribution in [-0.4, -0.2) is 12.1 Å². The van der Waals surface area contributed by atoms with Crippen LogP contribution in [0.4, 0.5) is 0 Å². The van der Waals surface area contributed by atoms with Crippen molar-refractivity contribution >= 4 is 22.5 Å². The molecule has 1 aliphatic carbocycles. The van der Waals surface area contributed by atoms with Crippen LogP contribution in [0, 0.1) is 0 Å². The number of hydrogen-bond donors (Lipinski definition) is 1. The number of pyridine rings is 1. The number of aryl methyl sites for hydroxylation is 1. The number of fused-ring (bicyclic) bond motifs is 2. The molecule has 1 aliphatic rings. The minimum absolute atomic E-state index is 0.119. The van der Waals surface area contributed by atoms with Crippen LogP contribution in [0.3, 0.4) is 0 Å². The third kappa shape index (κ3) is 1.70. The highest BCUT2D eigenvalue weighted by molar-refractivity contribution is 6.32. The van der Waals surface area contributed by atoms with Gasteiger partial charge in [0, 0.05) is 16.6 Å². The highest BCUT2D eigenvalue weighted by atomic mass is 35.5. The third-order valence-electron chi connectivity index (χ3n) is 3.56. The topological polar surface area (TPSA) is 42.1 Å². The van der Waals surface area contributed by atoms with Crippen molar-refractivity contribution in [1.29, 1.82) is 0 Å². The van der Waals surface area contributed by atoms with E-state index in [9.17, 15) is 4.79 Å². The van der Waals surface area contributed by atoms with E-state index in [1.807, 2.05) is 0 Å². The van der Waals surface area contributed by atoms with Crippen molar-refractivity contribution in [1.82, 2.24) is 4.98 Å². The van der Waals surface area contributed by atoms with Gasteiger partial charge >= 0.3 is 0 Å². The van der Waals surface area contributed by atoms with E-state index in [1.165, 1.54) is 0 Å². The van der Waals surface area contributed by atoms with Gasteiger partial charge in [0.1, 0.15) is 5.75 Å². The van der Waals surface area contributed by atoms with Crippen molar-refractivity contribution in [3.8, 4) is 5.75 Å². The van der Waals surface area contributed by atoms with Crippen LogP contribution >= 0.6 is 11.6 Å². The summed E-state index contributed by atoms with van der Waals surface area (Å²) in [6.07, 6.45) is 4.04. The molecule has 0 saturated heterocycles. The van der Waals surface area contributed by atoms with Gasteiger partial charge in [0.25, 0.3) is 0 Å². The number of ether oxygens (including phenoxy) is 1. The van der Waals surface area contributed by atoms with Gasteiger partial charge in [-0.05, 0) is 37.8 Å². The van der Waals surface area contributed by atoms with Gasteiger partial charge in [-0.25, -0.2) is 0 Å². The van der Waals surface area contributed by atoms with Crippen LogP contribution in [0.15, 0.2) is 16.9 Å². The third-order valence-corrected chi connectivity index (χ3v) is 3.86. The Labute approximate surface area is 110 Å². The molecule has 3 rings (SSSR count). The van der Waals surface area contributed by atoms with Crippen molar-refractivity contribution < 1.29 is 4.74 Å². The first-order valence-corrected chi connectivity index (χ1v) is 6.50. The molecular formula is C14H14ClNO2. The molecule has 1 aromatic carbocycles. The number of halogens is 1. The molecule has 1 heterocycles. The largest absolute Gasteiger partial charge is 0.495 e. The number of H-pyrrole nitrogens is 1. The van der Waals surface area contributed by atoms with Crippen LogP contribution in [0.5, 0.6) is 5.75 Å². The summed E-state index contributed by atoms with van der Waals surface area (Å²) in [4.78, 5) is 15.8. The lowest BCUT2D eigenvalue weighted by molar-refractivity contribution is 0.415. The summed E-state index contributed by atoms with van der Waals surface area (Å²) in [7, 11) is 1.56. The van der Waals surface area contributed by atoms with Crippen molar-refractivity contribution in [2.45, 2.75) is 25.7 Å². The molecule has 0 bridgehead atoms. The second kappa shape index (κ2) is 4.32. The monoisotopic (exact) mass is 263 g/mol. The first-order chi connectivity index (χ1) is 8.70. The number of rotatable bonds is 1. The summed E-state index contributed by atoms with van der Waals surface area (Å²) < 4.78 is 5.17. The normalized spacial score (nSPS) is 14.6. The molecular weight excluding hydrogens is 250 g/mol. The van der Waals surface area contributed by atoms with Gasteiger partial charge < -0.3 is 9.72 Å². The van der Waals surface area contributed by atoms with Crippen LogP contribution in [-0.2, 0) is 12.8 Å². The van der Waals surface area contributed by atoms with Crippen LogP contribution in [0.2, 0.25) is 5.02 Å². The summed E-state index contributed by atoms with van der Waals surface area (Å²) in [5, 5.41) is 1.19. The standard InChI is InChI=1S/C14H14ClNO2/c1-18-13-6-9-12(7-10(13)15)16-11-5-3-2-4-8(11)14(9)17/h6-7H,2-5H2,1H3,(H,16,17). The Balaban J connectivity index is 2.35. The van der Waals surface area contributed by atoms with Gasteiger partial charge in [-0.2, -0.15) is 0 Å². The quantitative estimate of drug-likeness (QED) is 0.859. The second-order valence-electron chi connectivity index (χ2n) is 4.65. The molecule has 2 aromatic rings. The van der Waals surface area contributed by atoms with Crippen LogP contribution < -0.4 is 10.2 Å². The molecule has 0 amide bonds. The summed E-state index contributed by atoms with van der Waals surface area (Å²) in [6.45, 7) is 0. The number of hydrogen-bond acceptors (Lipinski definition) is 2. The molecule has 4 heteroatoms. The maximum Gasteiger partial charge on any atom is 0.192 e. The Morgan fingerprint density at radius 3 is 2.83 bits per heavy atom. The van der Waals surface area contributed by atoms with E-state index in [0.717, 1.165) is 42.5 Å². The fourth-order valence-corrected chi connectivity index (χ4v) is 2.86. The number of nitrogens with one attached hydrogen (secondary N) is 1. The van der Waals surface area contributed by atoms with E-state index < -0.39 is 0 Å². The van der Waals surface area contributed by atoms with Crippen molar-refractivity contribution in [2.75, 3.05) is 7.11 Å². The van der Waals surface area contributed by atoms with Gasteiger partial charge in [0.15, 0.2) is 5.43 Å². The molecule has 1 aromatic heterocycles. The fourth-order valence-electron chi connectivity index (χ4n) is 2.62. The van der Waals surface area contributed by atoms with E-state index in [2.05, 4.69) is 4.98 Å². The fraction of sp³-hybridized carbons (Fsp3) is 0.357. The van der Waals surface area contributed by atoms with Gasteiger partial charge in [0.05, 0.1) is 17.6 Å². The zero-order valence-corrected chi connectivity index (χ0v) is 10.9. The van der Waals surface area contributed by atoms with E-state index >= 15 is 0 Å². The number of benzene rings is 1. The van der Waals surface area contributed by atoms with Crippen molar-refractivity contribution in [3.05, 3.63) is 38.6 Å². The van der Waals surface area contributed by atoms with Crippen LogP contribution in [0.1, 0.15) is 24.1 Å². The summed E-state index contributed by atoms with van der Waals surface area (Å²) in [6, 6.07) is 3.50. The molecule has 0 spiro atoms. The molecule has 0 radical (unpaired) electrons. The maximum atomic E-state index is 12.4. The Morgan fingerprint density at radius 2 is 2.06 bits per heavy atom. The highest BCUT2D eigenvalue weighted by Crippen LogP contribution is 2.29. The van der Waals surface area contributed by atoms with Crippen molar-refractivity contribution in [2.24, 2.45) is 0 Å². The Hall–Kier alpha value is -1.48. The minimum atomic E-state index is 0.119. The predicted octanol–water partition coefficient (Wildman–Crippen LogP) is 3.07. The first kappa shape index (κ1) is 11.6. The molecule has 94 valence electrons. The van der Waals surface area contributed by atoms with Crippen LogP contribution in [0.25, 0.3) is 10.9 Å². The van der Waals surface area contributed by atoms with E-state index in [-0.39, 0.29) is 5.43 Å². The summed E-state index contributed by atoms with van der Waals surface area (Å²) in [5.41, 5.74) is 2.91. The lowest BCUT2D eigenvalue weighted by atomic mass is 9.94. The van der Waals surface area contributed by atoms with E-state index in [1.54, 1.807) is 19.2 Å². The second-order valence-corrected chi connectivity index (χ2v) is 5.06. The van der Waals surface area contributed by atoms with Crippen molar-refractivity contribution in [3.63, 3.8) is 0 Å².